The molecule has 0 aromatic rings. The lowest BCUT2D eigenvalue weighted by atomic mass is 10.1. The van der Waals surface area contributed by atoms with E-state index in [2.05, 4.69) is 10.6 Å². The Balaban J connectivity index is 2.48. The maximum Gasteiger partial charge on any atom is 0.243 e. The first kappa shape index (κ1) is 11.0. The molecule has 0 aliphatic heterocycles. The molecule has 1 saturated carbocycles. The molecular formula is C10H18N2O2. The first-order chi connectivity index (χ1) is 6.50. The highest BCUT2D eigenvalue weighted by molar-refractivity contribution is 5.87. The lowest BCUT2D eigenvalue weighted by molar-refractivity contribution is -0.128. The zero-order valence-corrected chi connectivity index (χ0v) is 8.96. The number of carbonyl (C=O) groups is 2. The van der Waals surface area contributed by atoms with E-state index in [1.165, 1.54) is 6.92 Å². The van der Waals surface area contributed by atoms with Crippen LogP contribution in [0.5, 0.6) is 0 Å². The van der Waals surface area contributed by atoms with Crippen molar-refractivity contribution in [2.45, 2.75) is 45.7 Å². The molecule has 1 atom stereocenters. The van der Waals surface area contributed by atoms with Crippen molar-refractivity contribution in [3.05, 3.63) is 0 Å². The van der Waals surface area contributed by atoms with Crippen LogP contribution in [-0.2, 0) is 9.59 Å². The maximum atomic E-state index is 11.6. The number of hydrogen-bond donors (Lipinski definition) is 2. The van der Waals surface area contributed by atoms with E-state index < -0.39 is 0 Å². The summed E-state index contributed by atoms with van der Waals surface area (Å²) >= 11 is 0. The highest BCUT2D eigenvalue weighted by atomic mass is 16.2. The Bertz CT molecular complexity index is 234. The van der Waals surface area contributed by atoms with Crippen molar-refractivity contribution in [2.75, 3.05) is 0 Å². The summed E-state index contributed by atoms with van der Waals surface area (Å²) in [6, 6.07) is -0.201. The minimum absolute atomic E-state index is 0.0577. The van der Waals surface area contributed by atoms with Crippen LogP contribution in [0.4, 0.5) is 0 Å². The summed E-state index contributed by atoms with van der Waals surface area (Å²) < 4.78 is 0. The normalized spacial score (nSPS) is 17.7. The molecule has 2 N–H and O–H groups in total. The average Bonchev–Trinajstić information content (AvgIpc) is 2.80. The van der Waals surface area contributed by atoms with Gasteiger partial charge in [-0.05, 0) is 32.6 Å². The van der Waals surface area contributed by atoms with Gasteiger partial charge >= 0.3 is 0 Å². The standard InChI is InChI=1S/C10H18N2O2/c1-6(2)11-10(14)9(8-4-5-8)12-7(3)13/h6,8-9H,4-5H2,1-3H3,(H,11,14)(H,12,13). The number of amides is 2. The number of hydrogen-bond acceptors (Lipinski definition) is 2. The molecular weight excluding hydrogens is 180 g/mol. The van der Waals surface area contributed by atoms with Gasteiger partial charge in [-0.25, -0.2) is 0 Å². The van der Waals surface area contributed by atoms with Crippen LogP contribution < -0.4 is 10.6 Å². The molecule has 1 rings (SSSR count). The topological polar surface area (TPSA) is 58.2 Å². The van der Waals surface area contributed by atoms with Gasteiger partial charge in [-0.3, -0.25) is 9.59 Å². The molecule has 1 aliphatic carbocycles. The van der Waals surface area contributed by atoms with Crippen LogP contribution in [0.2, 0.25) is 0 Å². The zero-order chi connectivity index (χ0) is 10.7. The summed E-state index contributed by atoms with van der Waals surface area (Å²) in [5.74, 6) is 0.149. The third-order valence-electron chi connectivity index (χ3n) is 2.17. The Morgan fingerprint density at radius 1 is 1.21 bits per heavy atom. The fourth-order valence-electron chi connectivity index (χ4n) is 1.42. The van der Waals surface area contributed by atoms with E-state index in [1.54, 1.807) is 0 Å². The molecule has 2 amide bonds. The van der Waals surface area contributed by atoms with Gasteiger partial charge in [-0.2, -0.15) is 0 Å². The Morgan fingerprint density at radius 2 is 1.79 bits per heavy atom. The smallest absolute Gasteiger partial charge is 0.243 e. The summed E-state index contributed by atoms with van der Waals surface area (Å²) in [7, 11) is 0. The summed E-state index contributed by atoms with van der Waals surface area (Å²) in [5, 5.41) is 5.51. The SMILES string of the molecule is CC(=O)NC(C(=O)NC(C)C)C1CC1. The van der Waals surface area contributed by atoms with E-state index in [9.17, 15) is 9.59 Å². The number of nitrogens with one attached hydrogen (secondary N) is 2. The van der Waals surface area contributed by atoms with Gasteiger partial charge in [-0.15, -0.1) is 0 Å². The van der Waals surface area contributed by atoms with Gasteiger partial charge in [0.2, 0.25) is 11.8 Å². The minimum Gasteiger partial charge on any atom is -0.352 e. The van der Waals surface area contributed by atoms with Gasteiger partial charge in [0.05, 0.1) is 0 Å². The van der Waals surface area contributed by atoms with Crippen LogP contribution in [0.25, 0.3) is 0 Å². The zero-order valence-electron chi connectivity index (χ0n) is 8.96. The van der Waals surface area contributed by atoms with Crippen molar-refractivity contribution in [1.29, 1.82) is 0 Å². The van der Waals surface area contributed by atoms with Gasteiger partial charge < -0.3 is 10.6 Å². The van der Waals surface area contributed by atoms with E-state index in [-0.39, 0.29) is 23.9 Å². The van der Waals surface area contributed by atoms with Gasteiger partial charge in [0, 0.05) is 13.0 Å². The van der Waals surface area contributed by atoms with Gasteiger partial charge in [-0.1, -0.05) is 0 Å². The van der Waals surface area contributed by atoms with E-state index >= 15 is 0 Å². The molecule has 1 unspecified atom stereocenters. The van der Waals surface area contributed by atoms with Crippen LogP contribution >= 0.6 is 0 Å². The molecule has 0 bridgehead atoms. The third-order valence-corrected chi connectivity index (χ3v) is 2.17. The van der Waals surface area contributed by atoms with E-state index in [1.807, 2.05) is 13.8 Å². The van der Waals surface area contributed by atoms with Crippen LogP contribution in [0.15, 0.2) is 0 Å². The van der Waals surface area contributed by atoms with Crippen molar-refractivity contribution in [3.8, 4) is 0 Å². The lowest BCUT2D eigenvalue weighted by Gasteiger charge is -2.18. The molecule has 0 spiro atoms. The average molecular weight is 198 g/mol. The Hall–Kier alpha value is -1.06. The van der Waals surface area contributed by atoms with Crippen molar-refractivity contribution < 1.29 is 9.59 Å². The van der Waals surface area contributed by atoms with Crippen molar-refractivity contribution in [2.24, 2.45) is 5.92 Å². The van der Waals surface area contributed by atoms with Crippen LogP contribution in [0.1, 0.15) is 33.6 Å². The van der Waals surface area contributed by atoms with Crippen molar-refractivity contribution in [1.82, 2.24) is 10.6 Å². The second-order valence-electron chi connectivity index (χ2n) is 4.18. The quantitative estimate of drug-likeness (QED) is 0.688. The predicted molar refractivity (Wildman–Crippen MR) is 53.6 cm³/mol. The third kappa shape index (κ3) is 3.36. The monoisotopic (exact) mass is 198 g/mol. The maximum absolute atomic E-state index is 11.6. The molecule has 0 radical (unpaired) electrons. The van der Waals surface area contributed by atoms with Crippen LogP contribution in [-0.4, -0.2) is 23.9 Å². The van der Waals surface area contributed by atoms with Gasteiger partial charge in [0.25, 0.3) is 0 Å². The minimum atomic E-state index is -0.324. The largest absolute Gasteiger partial charge is 0.352 e. The fourth-order valence-corrected chi connectivity index (χ4v) is 1.42. The molecule has 1 aliphatic rings. The number of rotatable bonds is 4. The highest BCUT2D eigenvalue weighted by Crippen LogP contribution is 2.32. The Labute approximate surface area is 84.4 Å². The Kier molecular flexibility index (Phi) is 3.49. The predicted octanol–water partition coefficient (Wildman–Crippen LogP) is 0.426. The number of carbonyl (C=O) groups excluding carboxylic acids is 2. The fraction of sp³-hybridized carbons (Fsp3) is 0.800. The summed E-state index contributed by atoms with van der Waals surface area (Å²) in [6.45, 7) is 5.27. The van der Waals surface area contributed by atoms with E-state index in [4.69, 9.17) is 0 Å². The van der Waals surface area contributed by atoms with Crippen molar-refractivity contribution in [3.63, 3.8) is 0 Å². The molecule has 1 fully saturated rings. The van der Waals surface area contributed by atoms with E-state index in [0.717, 1.165) is 12.8 Å². The summed E-state index contributed by atoms with van der Waals surface area (Å²) in [5.41, 5.74) is 0. The van der Waals surface area contributed by atoms with Gasteiger partial charge in [0.15, 0.2) is 0 Å². The summed E-state index contributed by atoms with van der Waals surface area (Å²) in [4.78, 5) is 22.5. The Morgan fingerprint density at radius 3 is 2.14 bits per heavy atom. The molecule has 0 heterocycles. The lowest BCUT2D eigenvalue weighted by Crippen LogP contribution is -2.49. The van der Waals surface area contributed by atoms with E-state index in [0.29, 0.717) is 5.92 Å². The summed E-state index contributed by atoms with van der Waals surface area (Å²) in [6.07, 6.45) is 2.08. The molecule has 0 saturated heterocycles. The molecule has 0 aromatic carbocycles. The second-order valence-corrected chi connectivity index (χ2v) is 4.18. The first-order valence-electron chi connectivity index (χ1n) is 5.08. The van der Waals surface area contributed by atoms with Crippen molar-refractivity contribution >= 4 is 11.8 Å². The highest BCUT2D eigenvalue weighted by Gasteiger charge is 2.36. The van der Waals surface area contributed by atoms with Gasteiger partial charge in [0.1, 0.15) is 6.04 Å². The molecule has 4 nitrogen and oxygen atoms in total. The molecule has 0 aromatic heterocycles. The molecule has 4 heteroatoms. The van der Waals surface area contributed by atoms with Crippen LogP contribution in [0.3, 0.4) is 0 Å². The molecule has 80 valence electrons. The second kappa shape index (κ2) is 4.44. The van der Waals surface area contributed by atoms with Crippen LogP contribution in [0, 0.1) is 5.92 Å². The molecule has 14 heavy (non-hydrogen) atoms. The first-order valence-corrected chi connectivity index (χ1v) is 5.08.